The van der Waals surface area contributed by atoms with Crippen LogP contribution >= 0.6 is 0 Å². The zero-order valence-corrected chi connectivity index (χ0v) is 13.0. The van der Waals surface area contributed by atoms with Gasteiger partial charge in [0, 0.05) is 35.2 Å². The van der Waals surface area contributed by atoms with Crippen molar-refractivity contribution in [2.45, 2.75) is 19.1 Å². The predicted octanol–water partition coefficient (Wildman–Crippen LogP) is 3.44. The second kappa shape index (κ2) is 5.36. The third kappa shape index (κ3) is 3.12. The summed E-state index contributed by atoms with van der Waals surface area (Å²) in [7, 11) is -2.26. The Hall–Kier alpha value is -1.94. The van der Waals surface area contributed by atoms with Crippen LogP contribution in [-0.2, 0) is 15.7 Å². The molecule has 0 aliphatic carbocycles. The number of hydrogen-bond acceptors (Lipinski definition) is 2. The first kappa shape index (κ1) is 16.4. The highest BCUT2D eigenvalue weighted by Gasteiger charge is 2.36. The van der Waals surface area contributed by atoms with Gasteiger partial charge in [-0.2, -0.15) is 18.4 Å². The number of rotatable bonds is 3. The maximum atomic E-state index is 13.2. The molecule has 22 heavy (non-hydrogen) atoms. The normalized spacial score (nSPS) is 16.2. The molecule has 0 saturated carbocycles. The van der Waals surface area contributed by atoms with Gasteiger partial charge in [0.05, 0.1) is 17.2 Å². The molecule has 0 N–H and O–H groups in total. The molecule has 1 heterocycles. The third-order valence-electron chi connectivity index (χ3n) is 3.38. The first-order valence-corrected chi connectivity index (χ1v) is 8.76. The topological polar surface area (TPSA) is 45.8 Å². The van der Waals surface area contributed by atoms with E-state index in [0.717, 1.165) is 0 Å². The summed E-state index contributed by atoms with van der Waals surface area (Å²) in [6.07, 6.45) is -1.56. The van der Waals surface area contributed by atoms with E-state index in [0.29, 0.717) is 5.52 Å². The molecule has 7 heteroatoms. The predicted molar refractivity (Wildman–Crippen MR) is 82.4 cm³/mol. The molecular weight excluding hydrogens is 313 g/mol. The van der Waals surface area contributed by atoms with Crippen molar-refractivity contribution >= 4 is 26.3 Å². The van der Waals surface area contributed by atoms with Gasteiger partial charge in [-0.05, 0) is 40.5 Å². The minimum atomic E-state index is -4.61. The van der Waals surface area contributed by atoms with E-state index in [9.17, 15) is 17.4 Å². The summed E-state index contributed by atoms with van der Waals surface area (Å²) in [4.78, 5) is 0. The quantitative estimate of drug-likeness (QED) is 0.810. The first-order chi connectivity index (χ1) is 10.0. The summed E-state index contributed by atoms with van der Waals surface area (Å²) in [6.45, 7) is 1.78. The van der Waals surface area contributed by atoms with Crippen molar-refractivity contribution in [3.63, 3.8) is 0 Å². The fourth-order valence-corrected chi connectivity index (χ4v) is 3.79. The van der Waals surface area contributed by atoms with E-state index in [1.807, 2.05) is 0 Å². The Morgan fingerprint density at radius 3 is 2.55 bits per heavy atom. The number of nitriles is 1. The number of hydrogen-bond donors (Lipinski definition) is 0. The van der Waals surface area contributed by atoms with Crippen molar-refractivity contribution in [2.75, 3.05) is 12.0 Å². The van der Waals surface area contributed by atoms with Crippen LogP contribution in [0.15, 0.2) is 24.4 Å². The van der Waals surface area contributed by atoms with Crippen molar-refractivity contribution in [3.8, 4) is 6.07 Å². The number of halogens is 3. The van der Waals surface area contributed by atoms with Gasteiger partial charge >= 0.3 is 6.18 Å². The summed E-state index contributed by atoms with van der Waals surface area (Å²) in [6, 6.07) is 5.32. The smallest absolute Gasteiger partial charge is 0.344 e. The van der Waals surface area contributed by atoms with Gasteiger partial charge in [-0.15, -0.1) is 0 Å². The van der Waals surface area contributed by atoms with Crippen LogP contribution in [0.2, 0.25) is 0 Å². The molecule has 0 amide bonds. The largest absolute Gasteiger partial charge is 0.418 e. The van der Waals surface area contributed by atoms with Crippen LogP contribution in [0, 0.1) is 11.3 Å². The molecule has 2 rings (SSSR count). The molecule has 3 nitrogen and oxygen atoms in total. The number of benzene rings is 1. The van der Waals surface area contributed by atoms with Crippen molar-refractivity contribution in [1.82, 2.24) is 4.57 Å². The molecule has 0 radical (unpaired) electrons. The lowest BCUT2D eigenvalue weighted by atomic mass is 10.0. The van der Waals surface area contributed by atoms with Crippen LogP contribution in [0.4, 0.5) is 13.2 Å². The molecule has 0 saturated heterocycles. The Bertz CT molecular complexity index is 857. The van der Waals surface area contributed by atoms with Crippen molar-refractivity contribution < 1.29 is 17.4 Å². The van der Waals surface area contributed by atoms with Gasteiger partial charge in [0.25, 0.3) is 0 Å². The Balaban J connectivity index is 2.67. The Morgan fingerprint density at radius 2 is 2.05 bits per heavy atom. The average Bonchev–Trinajstić information content (AvgIpc) is 2.77. The maximum absolute atomic E-state index is 13.2. The molecule has 1 unspecified atom stereocenters. The molecule has 1 aromatic carbocycles. The molecule has 0 aliphatic rings. The van der Waals surface area contributed by atoms with Crippen molar-refractivity contribution in [1.29, 1.82) is 5.26 Å². The van der Waals surface area contributed by atoms with Gasteiger partial charge in [0.15, 0.2) is 0 Å². The summed E-state index contributed by atoms with van der Waals surface area (Å²) in [5, 5.41) is 8.88. The lowest BCUT2D eigenvalue weighted by molar-refractivity contribution is -0.136. The summed E-state index contributed by atoms with van der Waals surface area (Å²) >= 11 is 0. The molecule has 1 aromatic heterocycles. The fourth-order valence-electron chi connectivity index (χ4n) is 2.61. The maximum Gasteiger partial charge on any atom is 0.418 e. The molecule has 0 aliphatic heterocycles. The third-order valence-corrected chi connectivity index (χ3v) is 4.56. The monoisotopic (exact) mass is 328 g/mol. The van der Waals surface area contributed by atoms with E-state index in [-0.39, 0.29) is 17.2 Å². The van der Waals surface area contributed by atoms with Gasteiger partial charge in [-0.3, -0.25) is 4.21 Å². The Kier molecular flexibility index (Phi) is 4.00. The van der Waals surface area contributed by atoms with E-state index in [1.165, 1.54) is 30.7 Å². The summed E-state index contributed by atoms with van der Waals surface area (Å²) < 4.78 is 53.1. The highest BCUT2D eigenvalue weighted by atomic mass is 32.2. The number of fused-ring (bicyclic) bond motifs is 1. The van der Waals surface area contributed by atoms with E-state index in [2.05, 4.69) is 5.87 Å². The Labute approximate surface area is 127 Å². The van der Waals surface area contributed by atoms with Crippen LogP contribution in [-0.4, -0.2) is 26.7 Å². The fraction of sp³-hybridized carbons (Fsp3) is 0.333. The van der Waals surface area contributed by atoms with Crippen LogP contribution in [0.3, 0.4) is 0 Å². The minimum Gasteiger partial charge on any atom is -0.344 e. The first-order valence-electron chi connectivity index (χ1n) is 6.45. The van der Waals surface area contributed by atoms with Gasteiger partial charge in [-0.25, -0.2) is 0 Å². The molecule has 2 atom stereocenters. The zero-order chi connectivity index (χ0) is 16.7. The van der Waals surface area contributed by atoms with Crippen molar-refractivity contribution in [3.05, 3.63) is 35.5 Å². The molecule has 0 bridgehead atoms. The number of aromatic nitrogens is 1. The lowest BCUT2D eigenvalue weighted by Crippen LogP contribution is -2.16. The van der Waals surface area contributed by atoms with Crippen LogP contribution in [0.25, 0.3) is 10.9 Å². The zero-order valence-electron chi connectivity index (χ0n) is 12.1. The van der Waals surface area contributed by atoms with E-state index < -0.39 is 26.8 Å². The Morgan fingerprint density at radius 1 is 1.41 bits per heavy atom. The van der Waals surface area contributed by atoms with E-state index in [1.54, 1.807) is 17.6 Å². The van der Waals surface area contributed by atoms with E-state index in [4.69, 9.17) is 5.26 Å². The minimum absolute atomic E-state index is 0.0231. The number of nitrogens with zero attached hydrogens (tertiary/aromatic N) is 2. The molecule has 118 valence electrons. The second-order valence-corrected chi connectivity index (χ2v) is 8.15. The summed E-state index contributed by atoms with van der Waals surface area (Å²) in [5.74, 6) is 3.84. The number of alkyl halides is 3. The van der Waals surface area contributed by atoms with Crippen LogP contribution in [0.5, 0.6) is 0 Å². The molecule has 0 fully saturated rings. The highest BCUT2D eigenvalue weighted by molar-refractivity contribution is 7.99. The van der Waals surface area contributed by atoms with Crippen LogP contribution in [0.1, 0.15) is 24.1 Å². The van der Waals surface area contributed by atoms with E-state index >= 15 is 0 Å². The lowest BCUT2D eigenvalue weighted by Gasteiger charge is -2.17. The van der Waals surface area contributed by atoms with Crippen molar-refractivity contribution in [2.24, 2.45) is 0 Å². The second-order valence-electron chi connectivity index (χ2n) is 5.45. The molecule has 2 aromatic rings. The molecule has 0 spiro atoms. The van der Waals surface area contributed by atoms with Gasteiger partial charge in [0.1, 0.15) is 0 Å². The molecular formula is C15H15F3N2OS. The standard InChI is InChI=1S/C15H15F3N2OS/c1-10(9-22(2,3)21)20-7-6-12-13(20)5-4-11(8-19)14(12)15(16,17)18/h4-7,10H,2,9H2,1,3H3/t10-,22?/m1/s1. The van der Waals surface area contributed by atoms with Gasteiger partial charge in [0.2, 0.25) is 0 Å². The SMILES string of the molecule is C=S(C)(=O)C[C@@H](C)n1ccc2c(C(F)(F)F)c(C#N)ccc21. The van der Waals surface area contributed by atoms with Gasteiger partial charge < -0.3 is 4.57 Å². The highest BCUT2D eigenvalue weighted by Crippen LogP contribution is 2.38. The van der Waals surface area contributed by atoms with Crippen LogP contribution < -0.4 is 0 Å². The van der Waals surface area contributed by atoms with Gasteiger partial charge in [-0.1, -0.05) is 0 Å². The summed E-state index contributed by atoms with van der Waals surface area (Å²) in [5.41, 5.74) is -0.963. The average molecular weight is 328 g/mol.